The summed E-state index contributed by atoms with van der Waals surface area (Å²) >= 11 is 0. The van der Waals surface area contributed by atoms with Gasteiger partial charge >= 0.3 is 0 Å². The summed E-state index contributed by atoms with van der Waals surface area (Å²) in [6.45, 7) is 5.31. The second kappa shape index (κ2) is 11.2. The molecule has 1 unspecified atom stereocenters. The molecule has 80 valence electrons. The van der Waals surface area contributed by atoms with Gasteiger partial charge in [0.15, 0.2) is 0 Å². The monoisotopic (exact) mass is 192 g/mol. The molecule has 0 bridgehead atoms. The molecule has 0 aliphatic heterocycles. The standard InChI is InChI=1S/C8H19N.HNO3/c1-3-5-6-8(4-2)7-9;2-1(3)4/h8H,3-7,9H2,1-2H3;(H,2,3,4). The van der Waals surface area contributed by atoms with Gasteiger partial charge in [0.2, 0.25) is 0 Å². The van der Waals surface area contributed by atoms with Crippen LogP contribution in [0.2, 0.25) is 0 Å². The third-order valence-corrected chi connectivity index (χ3v) is 1.88. The van der Waals surface area contributed by atoms with Crippen LogP contribution in [0.25, 0.3) is 0 Å². The second-order valence-electron chi connectivity index (χ2n) is 2.89. The number of unbranched alkanes of at least 4 members (excludes halogenated alkanes) is 1. The summed E-state index contributed by atoms with van der Waals surface area (Å²) in [7, 11) is 0. The number of hydrogen-bond acceptors (Lipinski definition) is 3. The SMILES string of the molecule is CCCCC(CC)CN.O=[N+]([O-])O. The Morgan fingerprint density at radius 3 is 2.23 bits per heavy atom. The van der Waals surface area contributed by atoms with Crippen LogP contribution >= 0.6 is 0 Å². The molecule has 0 saturated heterocycles. The van der Waals surface area contributed by atoms with Gasteiger partial charge in [-0.3, -0.25) is 0 Å². The summed E-state index contributed by atoms with van der Waals surface area (Å²) in [6, 6.07) is 0. The van der Waals surface area contributed by atoms with Crippen molar-refractivity contribution in [3.63, 3.8) is 0 Å². The molecule has 0 aliphatic carbocycles. The molecule has 0 saturated carbocycles. The van der Waals surface area contributed by atoms with Crippen LogP contribution < -0.4 is 5.73 Å². The Bertz CT molecular complexity index is 112. The lowest BCUT2D eigenvalue weighted by molar-refractivity contribution is -0.742. The maximum atomic E-state index is 8.36. The summed E-state index contributed by atoms with van der Waals surface area (Å²) in [5, 5.41) is 13.6. The molecule has 0 radical (unpaired) electrons. The van der Waals surface area contributed by atoms with Crippen molar-refractivity contribution in [2.45, 2.75) is 39.5 Å². The Morgan fingerprint density at radius 1 is 1.54 bits per heavy atom. The Kier molecular flexibility index (Phi) is 12.6. The Morgan fingerprint density at radius 2 is 2.00 bits per heavy atom. The smallest absolute Gasteiger partial charge is 0.291 e. The zero-order chi connectivity index (χ0) is 10.7. The fourth-order valence-corrected chi connectivity index (χ4v) is 0.981. The van der Waals surface area contributed by atoms with Crippen LogP contribution in [-0.4, -0.2) is 16.8 Å². The average molecular weight is 192 g/mol. The van der Waals surface area contributed by atoms with Crippen molar-refractivity contribution < 1.29 is 10.3 Å². The van der Waals surface area contributed by atoms with Gasteiger partial charge in [-0.2, -0.15) is 0 Å². The van der Waals surface area contributed by atoms with E-state index in [1.807, 2.05) is 0 Å². The predicted octanol–water partition coefficient (Wildman–Crippen LogP) is 1.81. The van der Waals surface area contributed by atoms with Gasteiger partial charge in [-0.15, -0.1) is 10.1 Å². The van der Waals surface area contributed by atoms with Crippen molar-refractivity contribution in [1.82, 2.24) is 0 Å². The molecule has 0 aromatic heterocycles. The van der Waals surface area contributed by atoms with Crippen molar-refractivity contribution in [2.24, 2.45) is 11.7 Å². The molecular weight excluding hydrogens is 172 g/mol. The van der Waals surface area contributed by atoms with E-state index in [1.54, 1.807) is 0 Å². The van der Waals surface area contributed by atoms with E-state index in [0.717, 1.165) is 12.5 Å². The van der Waals surface area contributed by atoms with Crippen molar-refractivity contribution in [2.75, 3.05) is 6.54 Å². The van der Waals surface area contributed by atoms with E-state index in [9.17, 15) is 0 Å². The van der Waals surface area contributed by atoms with E-state index in [0.29, 0.717) is 0 Å². The largest absolute Gasteiger partial charge is 0.330 e. The molecule has 5 nitrogen and oxygen atoms in total. The summed E-state index contributed by atoms with van der Waals surface area (Å²) < 4.78 is 0. The van der Waals surface area contributed by atoms with E-state index < -0.39 is 5.09 Å². The molecule has 0 aliphatic rings. The van der Waals surface area contributed by atoms with Crippen LogP contribution in [0.3, 0.4) is 0 Å². The minimum absolute atomic E-state index is 0.782. The fourth-order valence-electron chi connectivity index (χ4n) is 0.981. The molecule has 0 aromatic carbocycles. The predicted molar refractivity (Wildman–Crippen MR) is 51.1 cm³/mol. The number of nitrogens with two attached hydrogens (primary N) is 1. The van der Waals surface area contributed by atoms with Gasteiger partial charge in [0.1, 0.15) is 0 Å². The summed E-state index contributed by atoms with van der Waals surface area (Å²) in [6.07, 6.45) is 5.21. The summed E-state index contributed by atoms with van der Waals surface area (Å²) in [4.78, 5) is 8.36. The van der Waals surface area contributed by atoms with Crippen LogP contribution in [0, 0.1) is 16.0 Å². The molecule has 3 N–H and O–H groups in total. The van der Waals surface area contributed by atoms with Crippen molar-refractivity contribution in [3.05, 3.63) is 10.1 Å². The first-order valence-corrected chi connectivity index (χ1v) is 4.61. The summed E-state index contributed by atoms with van der Waals surface area (Å²) in [5.74, 6) is 0.782. The summed E-state index contributed by atoms with van der Waals surface area (Å²) in [5.41, 5.74) is 5.52. The van der Waals surface area contributed by atoms with E-state index in [1.165, 1.54) is 25.7 Å². The minimum Gasteiger partial charge on any atom is -0.330 e. The Balaban J connectivity index is 0. The Hall–Kier alpha value is -0.840. The van der Waals surface area contributed by atoms with Gasteiger partial charge in [0.05, 0.1) is 0 Å². The molecule has 13 heavy (non-hydrogen) atoms. The first kappa shape index (κ1) is 14.7. The Labute approximate surface area is 79.0 Å². The molecule has 0 amide bonds. The maximum absolute atomic E-state index is 8.36. The van der Waals surface area contributed by atoms with E-state index in [-0.39, 0.29) is 0 Å². The van der Waals surface area contributed by atoms with Gasteiger partial charge in [-0.25, -0.2) is 0 Å². The maximum Gasteiger partial charge on any atom is 0.291 e. The minimum atomic E-state index is -1.50. The highest BCUT2D eigenvalue weighted by molar-refractivity contribution is 4.56. The molecule has 1 atom stereocenters. The van der Waals surface area contributed by atoms with Crippen LogP contribution in [0.5, 0.6) is 0 Å². The van der Waals surface area contributed by atoms with Crippen LogP contribution in [-0.2, 0) is 0 Å². The molecule has 0 heterocycles. The van der Waals surface area contributed by atoms with E-state index in [4.69, 9.17) is 21.1 Å². The zero-order valence-electron chi connectivity index (χ0n) is 8.40. The van der Waals surface area contributed by atoms with Crippen LogP contribution in [0.4, 0.5) is 0 Å². The first-order chi connectivity index (χ1) is 6.08. The molecule has 0 fully saturated rings. The van der Waals surface area contributed by atoms with E-state index >= 15 is 0 Å². The normalized spacial score (nSPS) is 11.3. The van der Waals surface area contributed by atoms with E-state index in [2.05, 4.69) is 13.8 Å². The average Bonchev–Trinajstić information content (AvgIpc) is 2.06. The van der Waals surface area contributed by atoms with Crippen molar-refractivity contribution in [3.8, 4) is 0 Å². The molecule has 0 aromatic rings. The molecule has 0 spiro atoms. The third kappa shape index (κ3) is 18.3. The lowest BCUT2D eigenvalue weighted by atomic mass is 10.00. The quantitative estimate of drug-likeness (QED) is 0.513. The van der Waals surface area contributed by atoms with Gasteiger partial charge < -0.3 is 10.9 Å². The third-order valence-electron chi connectivity index (χ3n) is 1.88. The highest BCUT2D eigenvalue weighted by Gasteiger charge is 2.00. The van der Waals surface area contributed by atoms with Gasteiger partial charge in [-0.05, 0) is 18.9 Å². The number of nitrogens with zero attached hydrogens (tertiary/aromatic N) is 1. The van der Waals surface area contributed by atoms with Gasteiger partial charge in [-0.1, -0.05) is 33.1 Å². The second-order valence-corrected chi connectivity index (χ2v) is 2.89. The van der Waals surface area contributed by atoms with Crippen molar-refractivity contribution >= 4 is 0 Å². The number of hydrogen-bond donors (Lipinski definition) is 2. The lowest BCUT2D eigenvalue weighted by Crippen LogP contribution is -2.12. The first-order valence-electron chi connectivity index (χ1n) is 4.61. The van der Waals surface area contributed by atoms with Crippen LogP contribution in [0.15, 0.2) is 0 Å². The topological polar surface area (TPSA) is 89.4 Å². The molecule has 5 heteroatoms. The number of rotatable bonds is 5. The molecule has 0 rings (SSSR count). The van der Waals surface area contributed by atoms with Crippen molar-refractivity contribution in [1.29, 1.82) is 0 Å². The van der Waals surface area contributed by atoms with Gasteiger partial charge in [0, 0.05) is 0 Å². The highest BCUT2D eigenvalue weighted by Crippen LogP contribution is 2.09. The zero-order valence-corrected chi connectivity index (χ0v) is 8.40. The van der Waals surface area contributed by atoms with Crippen LogP contribution in [0.1, 0.15) is 39.5 Å². The lowest BCUT2D eigenvalue weighted by Gasteiger charge is -2.09. The highest BCUT2D eigenvalue weighted by atomic mass is 16.9. The van der Waals surface area contributed by atoms with Gasteiger partial charge in [0.25, 0.3) is 5.09 Å². The molecular formula is C8H20N2O3. The fraction of sp³-hybridized carbons (Fsp3) is 1.00.